The molecule has 0 aliphatic rings. The van der Waals surface area contributed by atoms with Crippen LogP contribution in [0.2, 0.25) is 0 Å². The first-order valence-corrected chi connectivity index (χ1v) is 4.11. The highest BCUT2D eigenvalue weighted by atomic mass is 79.9. The van der Waals surface area contributed by atoms with Gasteiger partial charge in [0.1, 0.15) is 11.6 Å². The first-order chi connectivity index (χ1) is 5.70. The molecule has 12 heavy (non-hydrogen) atoms. The fraction of sp³-hybridized carbons (Fsp3) is 0.250. The molecule has 0 aromatic heterocycles. The molecule has 0 saturated heterocycles. The summed E-state index contributed by atoms with van der Waals surface area (Å²) < 4.78 is 18.0. The molecule has 0 fully saturated rings. The molecular weight excluding hydrogens is 227 g/mol. The summed E-state index contributed by atoms with van der Waals surface area (Å²) in [6.45, 7) is -0.248. The molecule has 2 nitrogen and oxygen atoms in total. The van der Waals surface area contributed by atoms with Gasteiger partial charge in [-0.2, -0.15) is 0 Å². The largest absolute Gasteiger partial charge is 0.496 e. The number of ether oxygens (including phenoxy) is 1. The second-order valence-corrected chi connectivity index (χ2v) is 2.99. The number of aliphatic hydroxyl groups is 1. The lowest BCUT2D eigenvalue weighted by Crippen LogP contribution is -1.94. The molecule has 0 bridgehead atoms. The van der Waals surface area contributed by atoms with Gasteiger partial charge in [0.25, 0.3) is 0 Å². The number of rotatable bonds is 2. The summed E-state index contributed by atoms with van der Waals surface area (Å²) >= 11 is 3.02. The first-order valence-electron chi connectivity index (χ1n) is 3.32. The van der Waals surface area contributed by atoms with E-state index < -0.39 is 5.82 Å². The molecule has 0 atom stereocenters. The highest BCUT2D eigenvalue weighted by Crippen LogP contribution is 2.28. The third-order valence-electron chi connectivity index (χ3n) is 1.53. The summed E-state index contributed by atoms with van der Waals surface area (Å²) in [5.74, 6) is 0.0747. The first kappa shape index (κ1) is 9.48. The van der Waals surface area contributed by atoms with Gasteiger partial charge in [-0.3, -0.25) is 0 Å². The molecule has 0 unspecified atom stereocenters. The van der Waals surface area contributed by atoms with Crippen molar-refractivity contribution in [3.63, 3.8) is 0 Å². The van der Waals surface area contributed by atoms with Crippen LogP contribution in [0.4, 0.5) is 4.39 Å². The van der Waals surface area contributed by atoms with Gasteiger partial charge in [0.2, 0.25) is 0 Å². The monoisotopic (exact) mass is 234 g/mol. The van der Waals surface area contributed by atoms with E-state index in [2.05, 4.69) is 15.9 Å². The predicted octanol–water partition coefficient (Wildman–Crippen LogP) is 2.09. The summed E-state index contributed by atoms with van der Waals surface area (Å²) in [7, 11) is 1.47. The zero-order chi connectivity index (χ0) is 9.14. The highest BCUT2D eigenvalue weighted by molar-refractivity contribution is 9.10. The van der Waals surface area contributed by atoms with Gasteiger partial charge in [0.05, 0.1) is 18.2 Å². The van der Waals surface area contributed by atoms with Crippen LogP contribution in [0.25, 0.3) is 0 Å². The van der Waals surface area contributed by atoms with Gasteiger partial charge in [-0.05, 0) is 28.1 Å². The molecule has 66 valence electrons. The third-order valence-corrected chi connectivity index (χ3v) is 2.39. The van der Waals surface area contributed by atoms with E-state index >= 15 is 0 Å². The molecule has 0 saturated carbocycles. The van der Waals surface area contributed by atoms with Crippen molar-refractivity contribution in [2.45, 2.75) is 6.61 Å². The molecule has 1 rings (SSSR count). The van der Waals surface area contributed by atoms with E-state index in [0.717, 1.165) is 0 Å². The van der Waals surface area contributed by atoms with Gasteiger partial charge in [-0.1, -0.05) is 0 Å². The molecule has 0 amide bonds. The van der Waals surface area contributed by atoms with Crippen molar-refractivity contribution in [3.8, 4) is 5.75 Å². The smallest absolute Gasteiger partial charge is 0.138 e. The SMILES string of the molecule is COc1ccc(F)c(Br)c1CO. The minimum Gasteiger partial charge on any atom is -0.496 e. The molecule has 0 aliphatic carbocycles. The summed E-state index contributed by atoms with van der Waals surface area (Å²) in [5.41, 5.74) is 0.428. The van der Waals surface area contributed by atoms with E-state index in [1.54, 1.807) is 0 Å². The van der Waals surface area contributed by atoms with Crippen molar-refractivity contribution in [1.29, 1.82) is 0 Å². The van der Waals surface area contributed by atoms with Crippen LogP contribution >= 0.6 is 15.9 Å². The summed E-state index contributed by atoms with van der Waals surface area (Å²) in [5, 5.41) is 8.88. The van der Waals surface area contributed by atoms with Crippen LogP contribution < -0.4 is 4.74 Å². The van der Waals surface area contributed by atoms with Gasteiger partial charge < -0.3 is 9.84 Å². The summed E-state index contributed by atoms with van der Waals surface area (Å²) in [4.78, 5) is 0. The van der Waals surface area contributed by atoms with Gasteiger partial charge in [0.15, 0.2) is 0 Å². The zero-order valence-corrected chi connectivity index (χ0v) is 8.06. The Kier molecular flexibility index (Phi) is 3.05. The second-order valence-electron chi connectivity index (χ2n) is 2.20. The predicted molar refractivity (Wildman–Crippen MR) is 46.6 cm³/mol. The molecule has 0 spiro atoms. The number of hydrogen-bond donors (Lipinski definition) is 1. The number of hydrogen-bond acceptors (Lipinski definition) is 2. The van der Waals surface area contributed by atoms with Crippen molar-refractivity contribution in [3.05, 3.63) is 28.0 Å². The van der Waals surface area contributed by atoms with E-state index in [0.29, 0.717) is 11.3 Å². The van der Waals surface area contributed by atoms with Gasteiger partial charge >= 0.3 is 0 Å². The Morgan fingerprint density at radius 2 is 2.25 bits per heavy atom. The number of halogens is 2. The molecule has 0 aliphatic heterocycles. The lowest BCUT2D eigenvalue weighted by atomic mass is 10.2. The minimum absolute atomic E-state index is 0.248. The van der Waals surface area contributed by atoms with Gasteiger partial charge in [-0.25, -0.2) is 4.39 Å². The molecule has 1 N–H and O–H groups in total. The van der Waals surface area contributed by atoms with Crippen molar-refractivity contribution in [2.24, 2.45) is 0 Å². The Hall–Kier alpha value is -0.610. The van der Waals surface area contributed by atoms with Gasteiger partial charge in [-0.15, -0.1) is 0 Å². The number of methoxy groups -OCH3 is 1. The quantitative estimate of drug-likeness (QED) is 0.850. The fourth-order valence-corrected chi connectivity index (χ4v) is 1.37. The number of aliphatic hydroxyl groups excluding tert-OH is 1. The molecule has 4 heteroatoms. The topological polar surface area (TPSA) is 29.5 Å². The Bertz CT molecular complexity index is 289. The van der Waals surface area contributed by atoms with Crippen LogP contribution in [0.3, 0.4) is 0 Å². The van der Waals surface area contributed by atoms with Gasteiger partial charge in [0, 0.05) is 5.56 Å². The molecule has 0 radical (unpaired) electrons. The third kappa shape index (κ3) is 1.59. The maximum Gasteiger partial charge on any atom is 0.138 e. The molecular formula is C8H8BrFO2. The highest BCUT2D eigenvalue weighted by Gasteiger charge is 2.10. The standard InChI is InChI=1S/C8H8BrFO2/c1-12-7-3-2-6(10)8(9)5(7)4-11/h2-3,11H,4H2,1H3. The van der Waals surface area contributed by atoms with Crippen LogP contribution in [0.5, 0.6) is 5.75 Å². The van der Waals surface area contributed by atoms with E-state index in [1.807, 2.05) is 0 Å². The number of benzene rings is 1. The average molecular weight is 235 g/mol. The maximum absolute atomic E-state index is 12.9. The Morgan fingerprint density at radius 3 is 2.75 bits per heavy atom. The maximum atomic E-state index is 12.9. The molecule has 1 aromatic carbocycles. The van der Waals surface area contributed by atoms with Crippen LogP contribution in [-0.4, -0.2) is 12.2 Å². The van der Waals surface area contributed by atoms with Crippen molar-refractivity contribution < 1.29 is 14.2 Å². The van der Waals surface area contributed by atoms with Crippen LogP contribution in [0.15, 0.2) is 16.6 Å². The fourth-order valence-electron chi connectivity index (χ4n) is 0.913. The van der Waals surface area contributed by atoms with E-state index in [4.69, 9.17) is 9.84 Å². The molecule has 1 aromatic rings. The lowest BCUT2D eigenvalue weighted by molar-refractivity contribution is 0.272. The van der Waals surface area contributed by atoms with Crippen LogP contribution in [-0.2, 0) is 6.61 Å². The van der Waals surface area contributed by atoms with E-state index in [1.165, 1.54) is 19.2 Å². The van der Waals surface area contributed by atoms with E-state index in [-0.39, 0.29) is 11.1 Å². The Balaban J connectivity index is 3.25. The van der Waals surface area contributed by atoms with Crippen molar-refractivity contribution in [2.75, 3.05) is 7.11 Å². The minimum atomic E-state index is -0.403. The van der Waals surface area contributed by atoms with E-state index in [9.17, 15) is 4.39 Å². The Morgan fingerprint density at radius 1 is 1.58 bits per heavy atom. The second kappa shape index (κ2) is 3.87. The normalized spacial score (nSPS) is 10.0. The Labute approximate surface area is 78.1 Å². The van der Waals surface area contributed by atoms with Crippen LogP contribution in [0, 0.1) is 5.82 Å². The van der Waals surface area contributed by atoms with Crippen LogP contribution in [0.1, 0.15) is 5.56 Å². The summed E-state index contributed by atoms with van der Waals surface area (Å²) in [6, 6.07) is 2.76. The van der Waals surface area contributed by atoms with Crippen molar-refractivity contribution in [1.82, 2.24) is 0 Å². The van der Waals surface area contributed by atoms with Crippen molar-refractivity contribution >= 4 is 15.9 Å². The lowest BCUT2D eigenvalue weighted by Gasteiger charge is -2.07. The average Bonchev–Trinajstić information content (AvgIpc) is 2.09. The molecule has 0 heterocycles. The summed E-state index contributed by atoms with van der Waals surface area (Å²) in [6.07, 6.45) is 0. The zero-order valence-electron chi connectivity index (χ0n) is 6.47.